The van der Waals surface area contributed by atoms with E-state index in [2.05, 4.69) is 5.10 Å². The Morgan fingerprint density at radius 1 is 1.57 bits per heavy atom. The molecule has 1 heterocycles. The molecule has 0 fully saturated rings. The van der Waals surface area contributed by atoms with E-state index in [4.69, 9.17) is 10.2 Å². The van der Waals surface area contributed by atoms with E-state index in [1.165, 1.54) is 6.07 Å². The van der Waals surface area contributed by atoms with Crippen molar-refractivity contribution in [2.45, 2.75) is 6.92 Å². The first-order valence-electron chi connectivity index (χ1n) is 3.79. The summed E-state index contributed by atoms with van der Waals surface area (Å²) in [5.74, 6) is 0.356. The Balaban J connectivity index is 2.59. The first-order valence-corrected chi connectivity index (χ1v) is 3.79. The third kappa shape index (κ3) is 2.74. The van der Waals surface area contributed by atoms with E-state index < -0.39 is 11.8 Å². The van der Waals surface area contributed by atoms with Crippen LogP contribution in [0.3, 0.4) is 0 Å². The molecule has 14 heavy (non-hydrogen) atoms. The fourth-order valence-corrected chi connectivity index (χ4v) is 0.785. The molecule has 0 radical (unpaired) electrons. The summed E-state index contributed by atoms with van der Waals surface area (Å²) in [7, 11) is 0. The lowest BCUT2D eigenvalue weighted by Crippen LogP contribution is -2.24. The number of primary amides is 1. The van der Waals surface area contributed by atoms with Crippen LogP contribution in [0.2, 0.25) is 0 Å². The van der Waals surface area contributed by atoms with Gasteiger partial charge in [-0.1, -0.05) is 0 Å². The predicted octanol–water partition coefficient (Wildman–Crippen LogP) is 0.425. The first kappa shape index (κ1) is 9.97. The quantitative estimate of drug-likeness (QED) is 0.415. The van der Waals surface area contributed by atoms with Crippen molar-refractivity contribution in [3.63, 3.8) is 0 Å². The fourth-order valence-electron chi connectivity index (χ4n) is 0.785. The number of Topliss-reactive ketones (excluding diaryl/α,β-unsaturated/α-hetero) is 1. The highest BCUT2D eigenvalue weighted by molar-refractivity contribution is 6.34. The molecule has 1 aromatic heterocycles. The molecular formula is C8H9N3O3. The number of nitrogens with one attached hydrogen (secondary N) is 1. The van der Waals surface area contributed by atoms with Crippen molar-refractivity contribution in [3.05, 3.63) is 23.7 Å². The molecule has 1 aromatic rings. The van der Waals surface area contributed by atoms with Crippen molar-refractivity contribution in [2.75, 3.05) is 0 Å². The van der Waals surface area contributed by atoms with Crippen LogP contribution in [0, 0.1) is 6.92 Å². The third-order valence-corrected chi connectivity index (χ3v) is 1.34. The van der Waals surface area contributed by atoms with Crippen molar-refractivity contribution in [1.29, 1.82) is 0 Å². The van der Waals surface area contributed by atoms with Gasteiger partial charge in [-0.2, -0.15) is 5.10 Å². The number of hydrogen-bond donors (Lipinski definition) is 2. The summed E-state index contributed by atoms with van der Waals surface area (Å²) in [5.41, 5.74) is 6.62. The molecule has 0 spiro atoms. The number of amides is 2. The van der Waals surface area contributed by atoms with Gasteiger partial charge in [0.2, 0.25) is 5.78 Å². The van der Waals surface area contributed by atoms with Gasteiger partial charge in [-0.25, -0.2) is 10.2 Å². The Hall–Kier alpha value is -2.11. The number of hydrazone groups is 1. The SMILES string of the molecule is Cc1ccc(C(=O)C=NNC(N)=O)o1. The monoisotopic (exact) mass is 195 g/mol. The molecule has 0 atom stereocenters. The first-order chi connectivity index (χ1) is 6.59. The Labute approximate surface area is 79.8 Å². The van der Waals surface area contributed by atoms with Crippen LogP contribution in [0.5, 0.6) is 0 Å². The average molecular weight is 195 g/mol. The molecule has 74 valence electrons. The number of rotatable bonds is 3. The molecule has 0 aliphatic carbocycles. The average Bonchev–Trinajstić information content (AvgIpc) is 2.51. The highest BCUT2D eigenvalue weighted by Crippen LogP contribution is 2.05. The van der Waals surface area contributed by atoms with Crippen LogP contribution in [0.15, 0.2) is 21.7 Å². The van der Waals surface area contributed by atoms with E-state index in [9.17, 15) is 9.59 Å². The zero-order valence-electron chi connectivity index (χ0n) is 7.48. The van der Waals surface area contributed by atoms with E-state index >= 15 is 0 Å². The summed E-state index contributed by atoms with van der Waals surface area (Å²) >= 11 is 0. The summed E-state index contributed by atoms with van der Waals surface area (Å²) in [6, 6.07) is 2.35. The maximum absolute atomic E-state index is 11.2. The van der Waals surface area contributed by atoms with Crippen LogP contribution in [-0.2, 0) is 0 Å². The summed E-state index contributed by atoms with van der Waals surface area (Å²) in [6.45, 7) is 1.72. The van der Waals surface area contributed by atoms with Crippen LogP contribution in [-0.4, -0.2) is 18.0 Å². The minimum atomic E-state index is -0.829. The molecule has 0 aliphatic heterocycles. The highest BCUT2D eigenvalue weighted by atomic mass is 16.3. The van der Waals surface area contributed by atoms with Crippen molar-refractivity contribution in [3.8, 4) is 0 Å². The molecule has 6 heteroatoms. The lowest BCUT2D eigenvalue weighted by atomic mass is 10.3. The number of carbonyl (C=O) groups excluding carboxylic acids is 2. The van der Waals surface area contributed by atoms with E-state index in [1.54, 1.807) is 13.0 Å². The van der Waals surface area contributed by atoms with Gasteiger partial charge in [0, 0.05) is 0 Å². The van der Waals surface area contributed by atoms with Gasteiger partial charge in [-0.3, -0.25) is 4.79 Å². The lowest BCUT2D eigenvalue weighted by Gasteiger charge is -1.90. The van der Waals surface area contributed by atoms with Crippen LogP contribution >= 0.6 is 0 Å². The van der Waals surface area contributed by atoms with E-state index in [1.807, 2.05) is 5.43 Å². The van der Waals surface area contributed by atoms with Crippen LogP contribution < -0.4 is 11.2 Å². The minimum Gasteiger partial charge on any atom is -0.458 e. The minimum absolute atomic E-state index is 0.164. The van der Waals surface area contributed by atoms with Crippen molar-refractivity contribution in [2.24, 2.45) is 10.8 Å². The van der Waals surface area contributed by atoms with Crippen molar-refractivity contribution < 1.29 is 14.0 Å². The van der Waals surface area contributed by atoms with Gasteiger partial charge in [-0.05, 0) is 19.1 Å². The van der Waals surface area contributed by atoms with E-state index in [0.717, 1.165) is 6.21 Å². The molecule has 0 bridgehead atoms. The molecule has 0 unspecified atom stereocenters. The van der Waals surface area contributed by atoms with E-state index in [-0.39, 0.29) is 5.76 Å². The van der Waals surface area contributed by atoms with Crippen molar-refractivity contribution >= 4 is 18.0 Å². The van der Waals surface area contributed by atoms with Crippen LogP contribution in [0.25, 0.3) is 0 Å². The zero-order valence-corrected chi connectivity index (χ0v) is 7.48. The van der Waals surface area contributed by atoms with Gasteiger partial charge in [0.1, 0.15) is 5.76 Å². The summed E-state index contributed by atoms with van der Waals surface area (Å²) in [4.78, 5) is 21.4. The van der Waals surface area contributed by atoms with Gasteiger partial charge in [0.05, 0.1) is 6.21 Å². The zero-order chi connectivity index (χ0) is 10.6. The Kier molecular flexibility index (Phi) is 3.01. The third-order valence-electron chi connectivity index (χ3n) is 1.34. The standard InChI is InChI=1S/C8H9N3O3/c1-5-2-3-7(14-5)6(12)4-10-11-8(9)13/h2-4H,1H3,(H3,9,11,13). The number of urea groups is 1. The smallest absolute Gasteiger partial charge is 0.332 e. The molecule has 3 N–H and O–H groups in total. The maximum Gasteiger partial charge on any atom is 0.332 e. The number of furan rings is 1. The molecular weight excluding hydrogens is 186 g/mol. The fraction of sp³-hybridized carbons (Fsp3) is 0.125. The largest absolute Gasteiger partial charge is 0.458 e. The van der Waals surface area contributed by atoms with E-state index in [0.29, 0.717) is 5.76 Å². The number of aryl methyl sites for hydroxylation is 1. The number of ketones is 1. The summed E-state index contributed by atoms with van der Waals surface area (Å²) < 4.78 is 5.02. The van der Waals surface area contributed by atoms with Gasteiger partial charge >= 0.3 is 6.03 Å². The second kappa shape index (κ2) is 4.22. The molecule has 0 aromatic carbocycles. The number of hydrogen-bond acceptors (Lipinski definition) is 4. The van der Waals surface area contributed by atoms with Crippen LogP contribution in [0.4, 0.5) is 4.79 Å². The molecule has 2 amide bonds. The van der Waals surface area contributed by atoms with Crippen molar-refractivity contribution in [1.82, 2.24) is 5.43 Å². The van der Waals surface area contributed by atoms with Gasteiger partial charge in [0.25, 0.3) is 0 Å². The van der Waals surface area contributed by atoms with Crippen LogP contribution in [0.1, 0.15) is 16.3 Å². The molecule has 6 nitrogen and oxygen atoms in total. The Morgan fingerprint density at radius 3 is 2.79 bits per heavy atom. The summed E-state index contributed by atoms with van der Waals surface area (Å²) in [6.07, 6.45) is 0.920. The molecule has 0 saturated carbocycles. The normalized spacial score (nSPS) is 10.4. The molecule has 0 aliphatic rings. The van der Waals surface area contributed by atoms with Gasteiger partial charge < -0.3 is 10.2 Å². The predicted molar refractivity (Wildman–Crippen MR) is 49.0 cm³/mol. The summed E-state index contributed by atoms with van der Waals surface area (Å²) in [5, 5.41) is 3.30. The Bertz CT molecular complexity index is 381. The number of carbonyl (C=O) groups is 2. The Morgan fingerprint density at radius 2 is 2.29 bits per heavy atom. The lowest BCUT2D eigenvalue weighted by molar-refractivity contribution is 0.104. The molecule has 0 saturated heterocycles. The topological polar surface area (TPSA) is 97.7 Å². The number of nitrogens with zero attached hydrogens (tertiary/aromatic N) is 1. The maximum atomic E-state index is 11.2. The highest BCUT2D eigenvalue weighted by Gasteiger charge is 2.06. The number of nitrogens with two attached hydrogens (primary N) is 1. The second-order valence-corrected chi connectivity index (χ2v) is 2.51. The molecule has 1 rings (SSSR count). The second-order valence-electron chi connectivity index (χ2n) is 2.51. The van der Waals surface area contributed by atoms with Gasteiger partial charge in [0.15, 0.2) is 5.76 Å². The van der Waals surface area contributed by atoms with Gasteiger partial charge in [-0.15, -0.1) is 0 Å².